The summed E-state index contributed by atoms with van der Waals surface area (Å²) in [4.78, 5) is 2.11. The summed E-state index contributed by atoms with van der Waals surface area (Å²) in [6, 6.07) is 6.20. The summed E-state index contributed by atoms with van der Waals surface area (Å²) in [7, 11) is 0. The minimum absolute atomic E-state index is 0.160. The Morgan fingerprint density at radius 2 is 2.19 bits per heavy atom. The molecule has 1 saturated heterocycles. The molecule has 1 aromatic rings. The molecule has 1 heterocycles. The van der Waals surface area contributed by atoms with E-state index in [-0.39, 0.29) is 5.75 Å². The fraction of sp³-hybridized carbons (Fsp3) is 0.600. The van der Waals surface area contributed by atoms with E-state index in [0.717, 1.165) is 44.7 Å². The zero-order valence-corrected chi connectivity index (χ0v) is 12.1. The highest BCUT2D eigenvalue weighted by Gasteiger charge is 2.31. The fourth-order valence-electron chi connectivity index (χ4n) is 2.59. The van der Waals surface area contributed by atoms with Crippen LogP contribution < -0.4 is 15.0 Å². The van der Waals surface area contributed by atoms with E-state index in [0.29, 0.717) is 5.92 Å². The summed E-state index contributed by atoms with van der Waals surface area (Å²) in [5.74, 6) is 0.385. The molecule has 0 spiro atoms. The van der Waals surface area contributed by atoms with Crippen LogP contribution in [-0.4, -0.2) is 32.5 Å². The van der Waals surface area contributed by atoms with Crippen molar-refractivity contribution >= 4 is 5.69 Å². The number of hydrogen-bond donors (Lipinski definition) is 1. The summed E-state index contributed by atoms with van der Waals surface area (Å²) < 4.78 is 40.7. The maximum atomic E-state index is 12.2. The van der Waals surface area contributed by atoms with Crippen molar-refractivity contribution in [2.24, 2.45) is 5.92 Å². The number of rotatable bonds is 6. The lowest BCUT2D eigenvalue weighted by molar-refractivity contribution is -0.274. The summed E-state index contributed by atoms with van der Waals surface area (Å²) in [5, 5.41) is 3.39. The molecular weight excluding hydrogens is 281 g/mol. The molecule has 1 aliphatic rings. The SMILES string of the molecule is CCCNCC1CCN(c2cccc(OC(F)(F)F)c2)C1. The van der Waals surface area contributed by atoms with E-state index in [1.165, 1.54) is 12.1 Å². The Hall–Kier alpha value is -1.43. The Balaban J connectivity index is 1.92. The lowest BCUT2D eigenvalue weighted by Gasteiger charge is -2.20. The van der Waals surface area contributed by atoms with E-state index in [4.69, 9.17) is 0 Å². The first-order valence-electron chi connectivity index (χ1n) is 7.29. The van der Waals surface area contributed by atoms with Gasteiger partial charge in [-0.05, 0) is 44.0 Å². The molecule has 0 saturated carbocycles. The quantitative estimate of drug-likeness (QED) is 0.815. The fourth-order valence-corrected chi connectivity index (χ4v) is 2.59. The molecule has 3 nitrogen and oxygen atoms in total. The van der Waals surface area contributed by atoms with Crippen LogP contribution in [0.25, 0.3) is 0 Å². The first-order valence-corrected chi connectivity index (χ1v) is 7.29. The molecule has 1 fully saturated rings. The summed E-state index contributed by atoms with van der Waals surface area (Å²) in [5.41, 5.74) is 0.787. The van der Waals surface area contributed by atoms with Crippen LogP contribution in [0.4, 0.5) is 18.9 Å². The number of nitrogens with one attached hydrogen (secondary N) is 1. The van der Waals surface area contributed by atoms with Crippen LogP contribution in [-0.2, 0) is 0 Å². The van der Waals surface area contributed by atoms with Crippen LogP contribution in [0, 0.1) is 5.92 Å². The third-order valence-electron chi connectivity index (χ3n) is 3.56. The zero-order valence-electron chi connectivity index (χ0n) is 12.1. The van der Waals surface area contributed by atoms with Gasteiger partial charge in [-0.25, -0.2) is 0 Å². The molecular formula is C15H21F3N2O. The largest absolute Gasteiger partial charge is 0.573 e. The first-order chi connectivity index (χ1) is 9.98. The number of benzene rings is 1. The predicted octanol–water partition coefficient (Wildman–Crippen LogP) is 3.41. The highest BCUT2D eigenvalue weighted by molar-refractivity contribution is 5.51. The van der Waals surface area contributed by atoms with Crippen molar-refractivity contribution in [2.45, 2.75) is 26.1 Å². The molecule has 0 radical (unpaired) electrons. The summed E-state index contributed by atoms with van der Waals surface area (Å²) >= 11 is 0. The monoisotopic (exact) mass is 302 g/mol. The van der Waals surface area contributed by atoms with Crippen LogP contribution in [0.3, 0.4) is 0 Å². The van der Waals surface area contributed by atoms with Crippen LogP contribution in [0.5, 0.6) is 5.75 Å². The third kappa shape index (κ3) is 5.12. The molecule has 1 aromatic carbocycles. The van der Waals surface area contributed by atoms with E-state index in [9.17, 15) is 13.2 Å². The Morgan fingerprint density at radius 3 is 2.90 bits per heavy atom. The van der Waals surface area contributed by atoms with E-state index in [2.05, 4.69) is 21.9 Å². The maximum Gasteiger partial charge on any atom is 0.573 e. The molecule has 0 aromatic heterocycles. The average molecular weight is 302 g/mol. The topological polar surface area (TPSA) is 24.5 Å². The van der Waals surface area contributed by atoms with Gasteiger partial charge in [-0.15, -0.1) is 13.2 Å². The second-order valence-corrected chi connectivity index (χ2v) is 5.35. The summed E-state index contributed by atoms with van der Waals surface area (Å²) in [6.45, 7) is 5.83. The van der Waals surface area contributed by atoms with E-state index >= 15 is 0 Å². The second-order valence-electron chi connectivity index (χ2n) is 5.35. The van der Waals surface area contributed by atoms with E-state index in [1.807, 2.05) is 6.07 Å². The second kappa shape index (κ2) is 7.02. The standard InChI is InChI=1S/C15H21F3N2O/c1-2-7-19-10-12-6-8-20(11-12)13-4-3-5-14(9-13)21-15(16,17)18/h3-5,9,12,19H,2,6-8,10-11H2,1H3. The third-order valence-corrected chi connectivity index (χ3v) is 3.56. The van der Waals surface area contributed by atoms with E-state index < -0.39 is 6.36 Å². The minimum atomic E-state index is -4.64. The maximum absolute atomic E-state index is 12.2. The van der Waals surface area contributed by atoms with Gasteiger partial charge in [0.1, 0.15) is 5.75 Å². The molecule has 1 aliphatic heterocycles. The minimum Gasteiger partial charge on any atom is -0.406 e. The number of halogens is 3. The van der Waals surface area contributed by atoms with Gasteiger partial charge in [0.25, 0.3) is 0 Å². The smallest absolute Gasteiger partial charge is 0.406 e. The van der Waals surface area contributed by atoms with Crippen LogP contribution in [0.15, 0.2) is 24.3 Å². The van der Waals surface area contributed by atoms with Gasteiger partial charge in [0.05, 0.1) is 0 Å². The molecule has 6 heteroatoms. The Morgan fingerprint density at radius 1 is 1.38 bits per heavy atom. The van der Waals surface area contributed by atoms with E-state index in [1.54, 1.807) is 6.07 Å². The van der Waals surface area contributed by atoms with Gasteiger partial charge in [-0.1, -0.05) is 13.0 Å². The molecule has 0 amide bonds. The summed E-state index contributed by atoms with van der Waals surface area (Å²) in [6.07, 6.45) is -2.48. The van der Waals surface area contributed by atoms with Crippen molar-refractivity contribution in [2.75, 3.05) is 31.1 Å². The Bertz CT molecular complexity index is 451. The first kappa shape index (κ1) is 15.9. The average Bonchev–Trinajstić information content (AvgIpc) is 2.86. The predicted molar refractivity (Wildman–Crippen MR) is 76.6 cm³/mol. The van der Waals surface area contributed by atoms with Gasteiger partial charge in [0.15, 0.2) is 0 Å². The molecule has 1 unspecified atom stereocenters. The number of anilines is 1. The number of nitrogens with zero attached hydrogens (tertiary/aromatic N) is 1. The number of hydrogen-bond acceptors (Lipinski definition) is 3. The molecule has 1 atom stereocenters. The highest BCUT2D eigenvalue weighted by Crippen LogP contribution is 2.29. The number of alkyl halides is 3. The Kier molecular flexibility index (Phi) is 5.33. The number of ether oxygens (including phenoxy) is 1. The van der Waals surface area contributed by atoms with Crippen molar-refractivity contribution in [3.63, 3.8) is 0 Å². The molecule has 1 N–H and O–H groups in total. The molecule has 0 aliphatic carbocycles. The van der Waals surface area contributed by atoms with Crippen LogP contribution in [0.1, 0.15) is 19.8 Å². The zero-order chi connectivity index (χ0) is 15.3. The van der Waals surface area contributed by atoms with Gasteiger partial charge in [-0.2, -0.15) is 0 Å². The van der Waals surface area contributed by atoms with Crippen molar-refractivity contribution in [3.8, 4) is 5.75 Å². The van der Waals surface area contributed by atoms with Gasteiger partial charge in [0, 0.05) is 24.8 Å². The van der Waals surface area contributed by atoms with Crippen molar-refractivity contribution in [1.82, 2.24) is 5.32 Å². The molecule has 2 rings (SSSR count). The Labute approximate surface area is 123 Å². The van der Waals surface area contributed by atoms with Gasteiger partial charge in [0.2, 0.25) is 0 Å². The van der Waals surface area contributed by atoms with Crippen molar-refractivity contribution in [3.05, 3.63) is 24.3 Å². The molecule has 118 valence electrons. The van der Waals surface area contributed by atoms with Gasteiger partial charge >= 0.3 is 6.36 Å². The van der Waals surface area contributed by atoms with Crippen LogP contribution in [0.2, 0.25) is 0 Å². The lowest BCUT2D eigenvalue weighted by Crippen LogP contribution is -2.26. The lowest BCUT2D eigenvalue weighted by atomic mass is 10.1. The normalized spacial score (nSPS) is 19.0. The van der Waals surface area contributed by atoms with Gasteiger partial charge < -0.3 is 15.0 Å². The van der Waals surface area contributed by atoms with Gasteiger partial charge in [-0.3, -0.25) is 0 Å². The molecule has 21 heavy (non-hydrogen) atoms. The highest BCUT2D eigenvalue weighted by atomic mass is 19.4. The van der Waals surface area contributed by atoms with Crippen LogP contribution >= 0.6 is 0 Å². The van der Waals surface area contributed by atoms with Crippen molar-refractivity contribution < 1.29 is 17.9 Å². The van der Waals surface area contributed by atoms with Crippen molar-refractivity contribution in [1.29, 1.82) is 0 Å². The molecule has 0 bridgehead atoms.